The molecule has 0 bridgehead atoms. The van der Waals surface area contributed by atoms with Crippen LogP contribution in [0.4, 0.5) is 13.2 Å². The van der Waals surface area contributed by atoms with Gasteiger partial charge >= 0.3 is 6.18 Å². The molecule has 1 unspecified atom stereocenters. The minimum absolute atomic E-state index is 0.0175. The van der Waals surface area contributed by atoms with Crippen molar-refractivity contribution in [3.05, 3.63) is 33.8 Å². The summed E-state index contributed by atoms with van der Waals surface area (Å²) >= 11 is 3.14. The minimum atomic E-state index is -4.46. The summed E-state index contributed by atoms with van der Waals surface area (Å²) in [6.07, 6.45) is -3.65. The fraction of sp³-hybridized carbons (Fsp3) is 0.462. The van der Waals surface area contributed by atoms with Gasteiger partial charge in [-0.2, -0.15) is 13.2 Å². The number of alkyl halides is 3. The summed E-state index contributed by atoms with van der Waals surface area (Å²) in [6.45, 7) is 1.48. The molecular formula is C13H14BrF3N2O. The Labute approximate surface area is 123 Å². The summed E-state index contributed by atoms with van der Waals surface area (Å²) < 4.78 is 38.5. The second kappa shape index (κ2) is 5.73. The predicted octanol–water partition coefficient (Wildman–Crippen LogP) is 2.90. The molecule has 7 heteroatoms. The van der Waals surface area contributed by atoms with E-state index in [1.54, 1.807) is 7.05 Å². The lowest BCUT2D eigenvalue weighted by Crippen LogP contribution is -2.38. The summed E-state index contributed by atoms with van der Waals surface area (Å²) in [5.74, 6) is -0.406. The third-order valence-corrected chi connectivity index (χ3v) is 4.12. The van der Waals surface area contributed by atoms with Crippen LogP contribution in [-0.4, -0.2) is 37.0 Å². The largest absolute Gasteiger partial charge is 0.416 e. The van der Waals surface area contributed by atoms with Crippen LogP contribution in [0.1, 0.15) is 22.3 Å². The molecule has 20 heavy (non-hydrogen) atoms. The molecule has 2 rings (SSSR count). The van der Waals surface area contributed by atoms with E-state index in [0.717, 1.165) is 25.1 Å². The van der Waals surface area contributed by atoms with Crippen molar-refractivity contribution in [1.29, 1.82) is 0 Å². The van der Waals surface area contributed by atoms with Gasteiger partial charge < -0.3 is 10.2 Å². The van der Waals surface area contributed by atoms with E-state index in [9.17, 15) is 18.0 Å². The van der Waals surface area contributed by atoms with Gasteiger partial charge in [-0.25, -0.2) is 0 Å². The highest BCUT2D eigenvalue weighted by Crippen LogP contribution is 2.32. The summed E-state index contributed by atoms with van der Waals surface area (Å²) in [5, 5.41) is 3.12. The van der Waals surface area contributed by atoms with Crippen molar-refractivity contribution in [1.82, 2.24) is 10.2 Å². The molecule has 0 radical (unpaired) electrons. The lowest BCUT2D eigenvalue weighted by atomic mass is 10.1. The minimum Gasteiger partial charge on any atom is -0.337 e. The monoisotopic (exact) mass is 350 g/mol. The molecule has 1 amide bonds. The maximum absolute atomic E-state index is 12.7. The Morgan fingerprint density at radius 3 is 2.70 bits per heavy atom. The van der Waals surface area contributed by atoms with Gasteiger partial charge in [-0.15, -0.1) is 0 Å². The van der Waals surface area contributed by atoms with E-state index in [4.69, 9.17) is 0 Å². The second-order valence-electron chi connectivity index (χ2n) is 4.76. The van der Waals surface area contributed by atoms with E-state index in [1.165, 1.54) is 11.0 Å². The van der Waals surface area contributed by atoms with Crippen molar-refractivity contribution in [3.63, 3.8) is 0 Å². The van der Waals surface area contributed by atoms with Crippen LogP contribution in [0.3, 0.4) is 0 Å². The first-order chi connectivity index (χ1) is 9.30. The lowest BCUT2D eigenvalue weighted by molar-refractivity contribution is -0.137. The molecule has 1 aromatic rings. The third kappa shape index (κ3) is 3.15. The lowest BCUT2D eigenvalue weighted by Gasteiger charge is -2.24. The molecule has 1 saturated heterocycles. The number of nitrogens with zero attached hydrogens (tertiary/aromatic N) is 1. The van der Waals surface area contributed by atoms with Crippen molar-refractivity contribution < 1.29 is 18.0 Å². The van der Waals surface area contributed by atoms with Crippen LogP contribution in [-0.2, 0) is 6.18 Å². The standard InChI is InChI=1S/C13H14BrF3N2O/c1-19(9-4-5-18-7-9)12(20)10-6-8(13(15,16)17)2-3-11(10)14/h2-3,6,9,18H,4-5,7H2,1H3. The van der Waals surface area contributed by atoms with E-state index in [0.29, 0.717) is 11.0 Å². The molecular weight excluding hydrogens is 337 g/mol. The molecule has 3 nitrogen and oxygen atoms in total. The molecule has 1 fully saturated rings. The smallest absolute Gasteiger partial charge is 0.337 e. The molecule has 110 valence electrons. The average Bonchev–Trinajstić information content (AvgIpc) is 2.90. The maximum atomic E-state index is 12.7. The number of rotatable bonds is 2. The Kier molecular flexibility index (Phi) is 4.39. The fourth-order valence-electron chi connectivity index (χ4n) is 2.19. The predicted molar refractivity (Wildman–Crippen MR) is 72.5 cm³/mol. The Balaban J connectivity index is 2.28. The molecule has 1 aliphatic heterocycles. The van der Waals surface area contributed by atoms with Crippen molar-refractivity contribution in [3.8, 4) is 0 Å². The van der Waals surface area contributed by atoms with E-state index in [1.807, 2.05) is 0 Å². The van der Waals surface area contributed by atoms with Crippen LogP contribution in [0.5, 0.6) is 0 Å². The molecule has 1 aromatic carbocycles. The molecule has 1 N–H and O–H groups in total. The van der Waals surface area contributed by atoms with Gasteiger partial charge in [0.2, 0.25) is 0 Å². The molecule has 0 aromatic heterocycles. The topological polar surface area (TPSA) is 32.3 Å². The van der Waals surface area contributed by atoms with Crippen molar-refractivity contribution in [2.24, 2.45) is 0 Å². The molecule has 0 aliphatic carbocycles. The summed E-state index contributed by atoms with van der Waals surface area (Å²) in [5.41, 5.74) is -0.781. The number of likely N-dealkylation sites (N-methyl/N-ethyl adjacent to an activating group) is 1. The Bertz CT molecular complexity index is 513. The molecule has 0 spiro atoms. The number of hydrogen-bond donors (Lipinski definition) is 1. The van der Waals surface area contributed by atoms with Gasteiger partial charge in [0.25, 0.3) is 5.91 Å². The Hall–Kier alpha value is -1.08. The number of amides is 1. The van der Waals surface area contributed by atoms with Gasteiger partial charge in [-0.3, -0.25) is 4.79 Å². The normalized spacial score (nSPS) is 19.1. The molecule has 1 aliphatic rings. The maximum Gasteiger partial charge on any atom is 0.416 e. The van der Waals surface area contributed by atoms with E-state index >= 15 is 0 Å². The second-order valence-corrected chi connectivity index (χ2v) is 5.61. The zero-order valence-corrected chi connectivity index (χ0v) is 12.4. The van der Waals surface area contributed by atoms with Gasteiger partial charge in [-0.1, -0.05) is 0 Å². The van der Waals surface area contributed by atoms with Crippen LogP contribution < -0.4 is 5.32 Å². The van der Waals surface area contributed by atoms with E-state index in [-0.39, 0.29) is 11.6 Å². The highest BCUT2D eigenvalue weighted by Gasteiger charge is 2.32. The Morgan fingerprint density at radius 1 is 1.45 bits per heavy atom. The number of carbonyl (C=O) groups is 1. The van der Waals surface area contributed by atoms with Crippen LogP contribution in [0.25, 0.3) is 0 Å². The molecule has 0 saturated carbocycles. The van der Waals surface area contributed by atoms with Gasteiger partial charge in [0.1, 0.15) is 0 Å². The first-order valence-corrected chi connectivity index (χ1v) is 6.94. The van der Waals surface area contributed by atoms with Crippen LogP contribution >= 0.6 is 15.9 Å². The number of halogens is 4. The van der Waals surface area contributed by atoms with Crippen molar-refractivity contribution in [2.75, 3.05) is 20.1 Å². The van der Waals surface area contributed by atoms with Gasteiger partial charge in [0.05, 0.1) is 11.1 Å². The molecule has 1 atom stereocenters. The first kappa shape index (κ1) is 15.3. The summed E-state index contributed by atoms with van der Waals surface area (Å²) in [6, 6.07) is 3.13. The zero-order chi connectivity index (χ0) is 14.9. The van der Waals surface area contributed by atoms with Crippen molar-refractivity contribution in [2.45, 2.75) is 18.6 Å². The SMILES string of the molecule is CN(C(=O)c1cc(C(F)(F)F)ccc1Br)C1CCNC1. The quantitative estimate of drug-likeness (QED) is 0.889. The van der Waals surface area contributed by atoms with Gasteiger partial charge in [-0.05, 0) is 47.1 Å². The number of benzene rings is 1. The molecule has 1 heterocycles. The highest BCUT2D eigenvalue weighted by atomic mass is 79.9. The average molecular weight is 351 g/mol. The first-order valence-electron chi connectivity index (χ1n) is 6.15. The highest BCUT2D eigenvalue weighted by molar-refractivity contribution is 9.10. The number of nitrogens with one attached hydrogen (secondary N) is 1. The van der Waals surface area contributed by atoms with Crippen molar-refractivity contribution >= 4 is 21.8 Å². The third-order valence-electron chi connectivity index (χ3n) is 3.43. The number of carbonyl (C=O) groups excluding carboxylic acids is 1. The Morgan fingerprint density at radius 2 is 2.15 bits per heavy atom. The van der Waals surface area contributed by atoms with Crippen LogP contribution in [0, 0.1) is 0 Å². The van der Waals surface area contributed by atoms with Gasteiger partial charge in [0.15, 0.2) is 0 Å². The van der Waals surface area contributed by atoms with E-state index in [2.05, 4.69) is 21.2 Å². The van der Waals surface area contributed by atoms with E-state index < -0.39 is 17.6 Å². The number of hydrogen-bond acceptors (Lipinski definition) is 2. The fourth-order valence-corrected chi connectivity index (χ4v) is 2.61. The van der Waals surface area contributed by atoms with Gasteiger partial charge in [0, 0.05) is 24.1 Å². The zero-order valence-electron chi connectivity index (χ0n) is 10.8. The summed E-state index contributed by atoms with van der Waals surface area (Å²) in [7, 11) is 1.62. The summed E-state index contributed by atoms with van der Waals surface area (Å²) in [4.78, 5) is 13.8. The van der Waals surface area contributed by atoms with Crippen LogP contribution in [0.15, 0.2) is 22.7 Å². The van der Waals surface area contributed by atoms with Crippen LogP contribution in [0.2, 0.25) is 0 Å².